The van der Waals surface area contributed by atoms with Gasteiger partial charge in [-0.3, -0.25) is 9.69 Å². The minimum atomic E-state index is -0.0661. The third kappa shape index (κ3) is 4.98. The van der Waals surface area contributed by atoms with Crippen molar-refractivity contribution in [3.63, 3.8) is 0 Å². The summed E-state index contributed by atoms with van der Waals surface area (Å²) in [6.45, 7) is 7.13. The van der Waals surface area contributed by atoms with Crippen LogP contribution in [0.3, 0.4) is 0 Å². The van der Waals surface area contributed by atoms with E-state index in [4.69, 9.17) is 14.5 Å². The maximum Gasteiger partial charge on any atom is 0.266 e. The number of rotatable bonds is 8. The molecule has 7 heteroatoms. The number of ether oxygens (including phenoxy) is 2. The van der Waals surface area contributed by atoms with Gasteiger partial charge in [0.1, 0.15) is 18.8 Å². The molecule has 0 unspecified atom stereocenters. The number of anilines is 1. The first-order valence-corrected chi connectivity index (χ1v) is 11.3. The molecule has 158 valence electrons. The number of fused-ring (bicyclic) bond motifs is 1. The molecule has 0 radical (unpaired) electrons. The van der Waals surface area contributed by atoms with Crippen molar-refractivity contribution in [3.8, 4) is 5.75 Å². The Bertz CT molecular complexity index is 970. The van der Waals surface area contributed by atoms with Crippen LogP contribution >= 0.6 is 11.3 Å². The third-order valence-electron chi connectivity index (χ3n) is 5.40. The number of hydrogen-bond donors (Lipinski definition) is 1. The molecule has 0 saturated carbocycles. The first kappa shape index (κ1) is 20.8. The molecule has 1 amide bonds. The van der Waals surface area contributed by atoms with Crippen molar-refractivity contribution >= 4 is 32.6 Å². The van der Waals surface area contributed by atoms with Crippen LogP contribution in [0.4, 0.5) is 5.13 Å². The number of thiazole rings is 1. The predicted molar refractivity (Wildman–Crippen MR) is 120 cm³/mol. The van der Waals surface area contributed by atoms with E-state index in [1.54, 1.807) is 16.2 Å². The van der Waals surface area contributed by atoms with Crippen molar-refractivity contribution in [3.05, 3.63) is 54.1 Å². The summed E-state index contributed by atoms with van der Waals surface area (Å²) < 4.78 is 12.3. The van der Waals surface area contributed by atoms with Crippen LogP contribution in [0.15, 0.2) is 48.5 Å². The Balaban J connectivity index is 1.53. The standard InChI is InChI=1S/C23H27N3O3S/c1-2-18-7-6-10-20-22(18)24-23(30-20)26(12-11-25-13-15-28-16-14-25)21(27)17-29-19-8-4-3-5-9-19/h3-10H,2,11-17H2,1H3/p+1. The average Bonchev–Trinajstić information content (AvgIpc) is 3.23. The van der Waals surface area contributed by atoms with Crippen molar-refractivity contribution in [2.24, 2.45) is 0 Å². The molecule has 3 aromatic rings. The molecule has 0 spiro atoms. The maximum atomic E-state index is 13.2. The van der Waals surface area contributed by atoms with E-state index in [0.717, 1.165) is 54.6 Å². The van der Waals surface area contributed by atoms with Crippen molar-refractivity contribution in [2.75, 3.05) is 50.9 Å². The first-order chi connectivity index (χ1) is 14.7. The summed E-state index contributed by atoms with van der Waals surface area (Å²) in [5.74, 6) is 0.630. The predicted octanol–water partition coefficient (Wildman–Crippen LogP) is 2.19. The fraction of sp³-hybridized carbons (Fsp3) is 0.391. The van der Waals surface area contributed by atoms with Gasteiger partial charge in [-0.05, 0) is 30.2 Å². The highest BCUT2D eigenvalue weighted by Gasteiger charge is 2.24. The zero-order chi connectivity index (χ0) is 20.8. The smallest absolute Gasteiger partial charge is 0.266 e. The second-order valence-electron chi connectivity index (χ2n) is 7.37. The maximum absolute atomic E-state index is 13.2. The molecule has 30 heavy (non-hydrogen) atoms. The molecule has 2 heterocycles. The lowest BCUT2D eigenvalue weighted by Crippen LogP contribution is -3.14. The fourth-order valence-corrected chi connectivity index (χ4v) is 4.70. The zero-order valence-electron chi connectivity index (χ0n) is 17.3. The van der Waals surface area contributed by atoms with Gasteiger partial charge in [0.2, 0.25) is 0 Å². The highest BCUT2D eigenvalue weighted by atomic mass is 32.1. The van der Waals surface area contributed by atoms with Crippen LogP contribution in [0.2, 0.25) is 0 Å². The van der Waals surface area contributed by atoms with E-state index in [0.29, 0.717) is 12.3 Å². The van der Waals surface area contributed by atoms with Crippen LogP contribution in [0.1, 0.15) is 12.5 Å². The highest BCUT2D eigenvalue weighted by Crippen LogP contribution is 2.31. The summed E-state index contributed by atoms with van der Waals surface area (Å²) in [7, 11) is 0. The van der Waals surface area contributed by atoms with E-state index in [9.17, 15) is 4.79 Å². The number of nitrogens with one attached hydrogen (secondary N) is 1. The van der Waals surface area contributed by atoms with Gasteiger partial charge in [-0.25, -0.2) is 4.98 Å². The molecular formula is C23H28N3O3S+. The van der Waals surface area contributed by atoms with E-state index >= 15 is 0 Å². The van der Waals surface area contributed by atoms with Crippen LogP contribution in [-0.2, 0) is 16.0 Å². The molecular weight excluding hydrogens is 398 g/mol. The Morgan fingerprint density at radius 3 is 2.73 bits per heavy atom. The second kappa shape index (κ2) is 10.0. The van der Waals surface area contributed by atoms with Gasteiger partial charge in [-0.1, -0.05) is 48.6 Å². The van der Waals surface area contributed by atoms with Gasteiger partial charge < -0.3 is 14.4 Å². The summed E-state index contributed by atoms with van der Waals surface area (Å²) in [4.78, 5) is 21.3. The SMILES string of the molecule is CCc1cccc2sc(N(CC[NH+]3CCOCC3)C(=O)COc3ccccc3)nc12. The lowest BCUT2D eigenvalue weighted by molar-refractivity contribution is -0.906. The molecule has 1 aliphatic heterocycles. The first-order valence-electron chi connectivity index (χ1n) is 10.5. The van der Waals surface area contributed by atoms with Gasteiger partial charge in [-0.2, -0.15) is 0 Å². The van der Waals surface area contributed by atoms with Crippen LogP contribution in [0.25, 0.3) is 10.2 Å². The molecule has 1 aromatic heterocycles. The number of aromatic nitrogens is 1. The Morgan fingerprint density at radius 1 is 1.17 bits per heavy atom. The zero-order valence-corrected chi connectivity index (χ0v) is 18.1. The molecule has 4 rings (SSSR count). The topological polar surface area (TPSA) is 56.1 Å². The number of carbonyl (C=O) groups is 1. The van der Waals surface area contributed by atoms with Crippen molar-refractivity contribution in [1.82, 2.24) is 4.98 Å². The lowest BCUT2D eigenvalue weighted by Gasteiger charge is -2.26. The lowest BCUT2D eigenvalue weighted by atomic mass is 10.1. The Hall–Kier alpha value is -2.48. The molecule has 2 aromatic carbocycles. The molecule has 1 N–H and O–H groups in total. The van der Waals surface area contributed by atoms with E-state index < -0.39 is 0 Å². The number of carbonyl (C=O) groups excluding carboxylic acids is 1. The summed E-state index contributed by atoms with van der Waals surface area (Å²) >= 11 is 1.58. The van der Waals surface area contributed by atoms with E-state index in [-0.39, 0.29) is 12.5 Å². The van der Waals surface area contributed by atoms with Gasteiger partial charge in [0.25, 0.3) is 5.91 Å². The quantitative estimate of drug-likeness (QED) is 0.600. The van der Waals surface area contributed by atoms with Crippen molar-refractivity contribution in [1.29, 1.82) is 0 Å². The van der Waals surface area contributed by atoms with Crippen molar-refractivity contribution < 1.29 is 19.2 Å². The van der Waals surface area contributed by atoms with Crippen LogP contribution < -0.4 is 14.5 Å². The monoisotopic (exact) mass is 426 g/mol. The molecule has 0 bridgehead atoms. The van der Waals surface area contributed by atoms with Crippen LogP contribution in [0, 0.1) is 0 Å². The molecule has 0 aliphatic carbocycles. The van der Waals surface area contributed by atoms with Gasteiger partial charge in [0.15, 0.2) is 11.7 Å². The number of benzene rings is 2. The molecule has 1 fully saturated rings. The summed E-state index contributed by atoms with van der Waals surface area (Å²) in [5, 5.41) is 0.750. The molecule has 1 saturated heterocycles. The minimum Gasteiger partial charge on any atom is -0.484 e. The Kier molecular flexibility index (Phi) is 6.94. The second-order valence-corrected chi connectivity index (χ2v) is 8.38. The van der Waals surface area contributed by atoms with Gasteiger partial charge in [0.05, 0.1) is 36.5 Å². The summed E-state index contributed by atoms with van der Waals surface area (Å²) in [5.41, 5.74) is 2.21. The number of amides is 1. The number of morpholine rings is 1. The van der Waals surface area contributed by atoms with Gasteiger partial charge in [0, 0.05) is 0 Å². The van der Waals surface area contributed by atoms with E-state index in [1.165, 1.54) is 10.5 Å². The Labute approximate surface area is 181 Å². The number of quaternary nitrogens is 1. The van der Waals surface area contributed by atoms with Crippen LogP contribution in [-0.4, -0.2) is 56.9 Å². The summed E-state index contributed by atoms with van der Waals surface area (Å²) in [6.07, 6.45) is 0.920. The molecule has 1 aliphatic rings. The van der Waals surface area contributed by atoms with Crippen LogP contribution in [0.5, 0.6) is 5.75 Å². The summed E-state index contributed by atoms with van der Waals surface area (Å²) in [6, 6.07) is 15.7. The van der Waals surface area contributed by atoms with Crippen molar-refractivity contribution in [2.45, 2.75) is 13.3 Å². The highest BCUT2D eigenvalue weighted by molar-refractivity contribution is 7.22. The number of para-hydroxylation sites is 2. The average molecular weight is 427 g/mol. The third-order valence-corrected chi connectivity index (χ3v) is 6.44. The largest absolute Gasteiger partial charge is 0.484 e. The fourth-order valence-electron chi connectivity index (χ4n) is 3.64. The van der Waals surface area contributed by atoms with Gasteiger partial charge in [-0.15, -0.1) is 0 Å². The minimum absolute atomic E-state index is 0.000974. The number of hydrogen-bond acceptors (Lipinski definition) is 5. The molecule has 6 nitrogen and oxygen atoms in total. The van der Waals surface area contributed by atoms with E-state index in [1.807, 2.05) is 30.3 Å². The number of aryl methyl sites for hydroxylation is 1. The van der Waals surface area contributed by atoms with Gasteiger partial charge >= 0.3 is 0 Å². The number of nitrogens with zero attached hydrogens (tertiary/aromatic N) is 2. The van der Waals surface area contributed by atoms with E-state index in [2.05, 4.69) is 25.1 Å². The molecule has 0 atom stereocenters. The Morgan fingerprint density at radius 2 is 1.97 bits per heavy atom. The normalized spacial score (nSPS) is 14.7.